The molecule has 1 aromatic rings. The first-order valence-corrected chi connectivity index (χ1v) is 12.8. The van der Waals surface area contributed by atoms with Gasteiger partial charge >= 0.3 is 0 Å². The van der Waals surface area contributed by atoms with E-state index in [1.54, 1.807) is 12.1 Å². The molecule has 4 fully saturated rings. The first kappa shape index (κ1) is 21.6. The highest BCUT2D eigenvalue weighted by Gasteiger charge is 2.63. The van der Waals surface area contributed by atoms with Crippen molar-refractivity contribution < 1.29 is 13.4 Å². The van der Waals surface area contributed by atoms with Crippen LogP contribution in [-0.2, 0) is 4.79 Å². The van der Waals surface area contributed by atoms with Gasteiger partial charge in [-0.2, -0.15) is 3.89 Å². The highest BCUT2D eigenvalue weighted by Crippen LogP contribution is 2.66. The van der Waals surface area contributed by atoms with E-state index in [-0.39, 0.29) is 29.1 Å². The smallest absolute Gasteiger partial charge is 0.222 e. The Bertz CT molecular complexity index is 846. The molecule has 31 heavy (non-hydrogen) atoms. The number of carbonyl (C=O) groups is 1. The Morgan fingerprint density at radius 1 is 1.06 bits per heavy atom. The average Bonchev–Trinajstić information content (AvgIpc) is 3.09. The van der Waals surface area contributed by atoms with Crippen LogP contribution >= 0.6 is 12.1 Å². The Hall–Kier alpha value is -1.23. The Morgan fingerprint density at radius 3 is 2.48 bits per heavy atom. The molecular formula is C26H36FNO2S. The minimum Gasteiger partial charge on any atom is -0.490 e. The van der Waals surface area contributed by atoms with Crippen LogP contribution in [0.1, 0.15) is 65.7 Å². The van der Waals surface area contributed by atoms with Crippen molar-refractivity contribution >= 4 is 18.1 Å². The van der Waals surface area contributed by atoms with Gasteiger partial charge in [0, 0.05) is 29.8 Å². The lowest BCUT2D eigenvalue weighted by molar-refractivity contribution is -0.168. The van der Waals surface area contributed by atoms with Crippen LogP contribution in [0, 0.1) is 34.5 Å². The maximum atomic E-state index is 12.8. The molecule has 1 heterocycles. The molecule has 1 amide bonds. The fraction of sp³-hybridized carbons (Fsp3) is 0.731. The minimum absolute atomic E-state index is 0.197. The first-order valence-electron chi connectivity index (χ1n) is 12.1. The summed E-state index contributed by atoms with van der Waals surface area (Å²) >= 11 is 0.279. The highest BCUT2D eigenvalue weighted by atomic mass is 32.2. The van der Waals surface area contributed by atoms with E-state index < -0.39 is 0 Å². The van der Waals surface area contributed by atoms with Gasteiger partial charge in [-0.25, -0.2) is 0 Å². The normalized spacial score (nSPS) is 44.4. The number of ether oxygens (including phenoxy) is 1. The molecule has 1 aromatic carbocycles. The lowest BCUT2D eigenvalue weighted by Gasteiger charge is -2.63. The summed E-state index contributed by atoms with van der Waals surface area (Å²) in [6.45, 7) is 7.40. The van der Waals surface area contributed by atoms with Crippen molar-refractivity contribution in [1.29, 1.82) is 0 Å². The summed E-state index contributed by atoms with van der Waals surface area (Å²) in [6, 6.07) is 7.82. The molecule has 0 aromatic heterocycles. The molecule has 5 heteroatoms. The van der Waals surface area contributed by atoms with Gasteiger partial charge in [-0.05, 0) is 91.9 Å². The number of benzene rings is 1. The van der Waals surface area contributed by atoms with E-state index in [4.69, 9.17) is 4.74 Å². The molecule has 0 radical (unpaired) electrons. The van der Waals surface area contributed by atoms with Crippen LogP contribution in [0.3, 0.4) is 0 Å². The Kier molecular flexibility index (Phi) is 5.35. The molecule has 0 N–H and O–H groups in total. The molecule has 0 bridgehead atoms. The summed E-state index contributed by atoms with van der Waals surface area (Å²) in [7, 11) is 2.04. The maximum absolute atomic E-state index is 12.8. The molecule has 3 aliphatic carbocycles. The van der Waals surface area contributed by atoms with Crippen molar-refractivity contribution in [2.45, 2.75) is 82.8 Å². The predicted octanol–water partition coefficient (Wildman–Crippen LogP) is 6.52. The summed E-state index contributed by atoms with van der Waals surface area (Å²) in [5.74, 6) is 3.95. The van der Waals surface area contributed by atoms with E-state index >= 15 is 0 Å². The fourth-order valence-electron chi connectivity index (χ4n) is 8.34. The summed E-state index contributed by atoms with van der Waals surface area (Å²) in [4.78, 5) is 15.1. The highest BCUT2D eigenvalue weighted by molar-refractivity contribution is 7.94. The SMILES string of the molecule is CC1CC2N(C)C(=O)CC[C@]2(C)[C@@H]2CC[C@]3(C)C(Oc4ccc(SF)cc4)CC[C@H]3[C@H]12. The Morgan fingerprint density at radius 2 is 1.77 bits per heavy atom. The molecule has 5 rings (SSSR count). The van der Waals surface area contributed by atoms with Gasteiger partial charge in [0.25, 0.3) is 0 Å². The zero-order valence-electron chi connectivity index (χ0n) is 19.3. The molecule has 1 saturated heterocycles. The number of likely N-dealkylation sites (tertiary alicyclic amines) is 1. The number of hydrogen-bond donors (Lipinski definition) is 0. The quantitative estimate of drug-likeness (QED) is 0.530. The van der Waals surface area contributed by atoms with Gasteiger partial charge in [0.15, 0.2) is 0 Å². The lowest BCUT2D eigenvalue weighted by atomic mass is 9.45. The number of nitrogens with zero attached hydrogens (tertiary/aromatic N) is 1. The van der Waals surface area contributed by atoms with Gasteiger partial charge in [-0.1, -0.05) is 20.8 Å². The second kappa shape index (κ2) is 7.67. The topological polar surface area (TPSA) is 29.5 Å². The number of halogens is 1. The third-order valence-electron chi connectivity index (χ3n) is 10.0. The fourth-order valence-corrected chi connectivity index (χ4v) is 8.58. The summed E-state index contributed by atoms with van der Waals surface area (Å²) in [5.41, 5.74) is 0.447. The zero-order valence-corrected chi connectivity index (χ0v) is 20.1. The Balaban J connectivity index is 1.39. The van der Waals surface area contributed by atoms with Gasteiger partial charge in [0.2, 0.25) is 5.91 Å². The van der Waals surface area contributed by atoms with Crippen LogP contribution in [-0.4, -0.2) is 30.0 Å². The molecule has 3 saturated carbocycles. The number of rotatable bonds is 3. The second-order valence-electron chi connectivity index (χ2n) is 11.3. The van der Waals surface area contributed by atoms with Gasteiger partial charge in [0.05, 0.1) is 12.1 Å². The van der Waals surface area contributed by atoms with E-state index in [1.807, 2.05) is 19.2 Å². The molecule has 8 atom stereocenters. The zero-order chi connectivity index (χ0) is 22.0. The molecule has 0 spiro atoms. The van der Waals surface area contributed by atoms with E-state index in [0.29, 0.717) is 41.0 Å². The number of carbonyl (C=O) groups excluding carboxylic acids is 1. The maximum Gasteiger partial charge on any atom is 0.222 e. The van der Waals surface area contributed by atoms with Gasteiger partial charge < -0.3 is 9.64 Å². The average molecular weight is 446 g/mol. The molecule has 3 nitrogen and oxygen atoms in total. The number of hydrogen-bond acceptors (Lipinski definition) is 3. The van der Waals surface area contributed by atoms with E-state index in [1.165, 1.54) is 19.3 Å². The van der Waals surface area contributed by atoms with Crippen molar-refractivity contribution in [2.24, 2.45) is 34.5 Å². The van der Waals surface area contributed by atoms with E-state index in [9.17, 15) is 8.68 Å². The van der Waals surface area contributed by atoms with Crippen LogP contribution in [0.25, 0.3) is 0 Å². The van der Waals surface area contributed by atoms with Crippen LogP contribution in [0.2, 0.25) is 0 Å². The molecule has 3 unspecified atom stereocenters. The van der Waals surface area contributed by atoms with Crippen molar-refractivity contribution in [2.75, 3.05) is 7.05 Å². The van der Waals surface area contributed by atoms with Crippen molar-refractivity contribution in [3.05, 3.63) is 24.3 Å². The van der Waals surface area contributed by atoms with E-state index in [2.05, 4.69) is 25.7 Å². The summed E-state index contributed by atoms with van der Waals surface area (Å²) in [6.07, 6.45) is 7.92. The third-order valence-corrected chi connectivity index (χ3v) is 10.5. The molecule has 4 aliphatic rings. The van der Waals surface area contributed by atoms with Gasteiger partial charge in [0.1, 0.15) is 11.9 Å². The van der Waals surface area contributed by atoms with Crippen molar-refractivity contribution in [3.63, 3.8) is 0 Å². The minimum atomic E-state index is 0.197. The van der Waals surface area contributed by atoms with Crippen molar-refractivity contribution in [1.82, 2.24) is 4.90 Å². The number of piperidine rings is 1. The molecule has 170 valence electrons. The molecule has 1 aliphatic heterocycles. The van der Waals surface area contributed by atoms with Crippen molar-refractivity contribution in [3.8, 4) is 5.75 Å². The lowest BCUT2D eigenvalue weighted by Crippen LogP contribution is -2.63. The predicted molar refractivity (Wildman–Crippen MR) is 123 cm³/mol. The standard InChI is InChI=1S/C26H36FNO2S/c1-16-15-21-25(2,14-12-23(29)28(21)4)20-11-13-26(3)19(24(16)20)9-10-22(26)30-17-5-7-18(31-27)8-6-17/h5-8,16,19-22,24H,9-15H2,1-4H3/t16?,19-,20+,21?,22?,24-,25+,26-/m0/s1. The van der Waals surface area contributed by atoms with Gasteiger partial charge in [-0.15, -0.1) is 0 Å². The number of fused-ring (bicyclic) bond motifs is 5. The van der Waals surface area contributed by atoms with Crippen LogP contribution in [0.5, 0.6) is 5.75 Å². The summed E-state index contributed by atoms with van der Waals surface area (Å²) < 4.78 is 19.3. The first-order chi connectivity index (χ1) is 14.8. The summed E-state index contributed by atoms with van der Waals surface area (Å²) in [5, 5.41) is 0. The largest absolute Gasteiger partial charge is 0.490 e. The second-order valence-corrected chi connectivity index (χ2v) is 11.9. The molecular weight excluding hydrogens is 409 g/mol. The van der Waals surface area contributed by atoms with E-state index in [0.717, 1.165) is 30.9 Å². The van der Waals surface area contributed by atoms with Crippen LogP contribution < -0.4 is 4.74 Å². The number of amides is 1. The monoisotopic (exact) mass is 445 g/mol. The Labute approximate surface area is 190 Å². The third kappa shape index (κ3) is 3.24. The van der Waals surface area contributed by atoms with Crippen LogP contribution in [0.15, 0.2) is 29.2 Å². The van der Waals surface area contributed by atoms with Gasteiger partial charge in [-0.3, -0.25) is 4.79 Å². The van der Waals surface area contributed by atoms with Crippen LogP contribution in [0.4, 0.5) is 3.89 Å².